The van der Waals surface area contributed by atoms with E-state index in [0.29, 0.717) is 11.6 Å². The van der Waals surface area contributed by atoms with Crippen molar-refractivity contribution in [3.05, 3.63) is 46.3 Å². The zero-order valence-corrected chi connectivity index (χ0v) is 12.7. The largest absolute Gasteiger partial charge is 0.364 e. The van der Waals surface area contributed by atoms with Crippen LogP contribution >= 0.6 is 11.8 Å². The number of nitro groups is 1. The lowest BCUT2D eigenvalue weighted by Crippen LogP contribution is -2.07. The molecule has 0 bridgehead atoms. The third-order valence-corrected chi connectivity index (χ3v) is 3.98. The molecule has 2 aromatic rings. The average molecular weight is 304 g/mol. The topological polar surface area (TPSA) is 81.0 Å². The van der Waals surface area contributed by atoms with Crippen molar-refractivity contribution in [2.45, 2.75) is 30.2 Å². The maximum absolute atomic E-state index is 11.4. The van der Waals surface area contributed by atoms with E-state index >= 15 is 0 Å². The number of nitrogens with zero attached hydrogens (tertiary/aromatic N) is 3. The molecule has 1 heterocycles. The smallest absolute Gasteiger partial charge is 0.343 e. The van der Waals surface area contributed by atoms with Gasteiger partial charge in [-0.1, -0.05) is 36.9 Å². The van der Waals surface area contributed by atoms with Gasteiger partial charge < -0.3 is 5.32 Å². The Morgan fingerprint density at radius 2 is 2.10 bits per heavy atom. The predicted octanol–water partition coefficient (Wildman–Crippen LogP) is 3.67. The average Bonchev–Trinajstić information content (AvgIpc) is 2.47. The summed E-state index contributed by atoms with van der Waals surface area (Å²) in [6, 6.07) is 7.72. The Labute approximate surface area is 127 Å². The molecule has 0 aliphatic heterocycles. The second-order valence-electron chi connectivity index (χ2n) is 4.43. The summed E-state index contributed by atoms with van der Waals surface area (Å²) in [5.41, 5.74) is 0.984. The van der Waals surface area contributed by atoms with E-state index in [9.17, 15) is 10.1 Å². The third kappa shape index (κ3) is 3.69. The molecule has 1 N–H and O–H groups in total. The number of hydrogen-bond acceptors (Lipinski definition) is 6. The lowest BCUT2D eigenvalue weighted by molar-refractivity contribution is -0.387. The second kappa shape index (κ2) is 7.03. The molecule has 0 amide bonds. The van der Waals surface area contributed by atoms with Gasteiger partial charge in [0.25, 0.3) is 0 Å². The highest BCUT2D eigenvalue weighted by molar-refractivity contribution is 7.99. The molecular formula is C14H16N4O2S. The Kier molecular flexibility index (Phi) is 5.10. The number of aryl methyl sites for hydroxylation is 1. The number of hydrogen-bond donors (Lipinski definition) is 1. The maximum atomic E-state index is 11.4. The molecule has 110 valence electrons. The summed E-state index contributed by atoms with van der Waals surface area (Å²) in [5.74, 6) is 0.271. The normalized spacial score (nSPS) is 10.4. The molecule has 2 rings (SSSR count). The van der Waals surface area contributed by atoms with Crippen LogP contribution in [0.25, 0.3) is 0 Å². The Morgan fingerprint density at radius 1 is 1.33 bits per heavy atom. The van der Waals surface area contributed by atoms with E-state index in [1.807, 2.05) is 38.1 Å². The standard InChI is InChI=1S/C14H16N4O2S/c1-3-8-15-13-12(18(19)20)14(17-9-16-13)21-11-7-5-4-6-10(11)2/h4-7,9H,3,8H2,1-2H3,(H,15,16,17). The minimum Gasteiger partial charge on any atom is -0.364 e. The van der Waals surface area contributed by atoms with Gasteiger partial charge >= 0.3 is 5.69 Å². The van der Waals surface area contributed by atoms with E-state index in [1.54, 1.807) is 0 Å². The first-order chi connectivity index (χ1) is 10.1. The van der Waals surface area contributed by atoms with Crippen molar-refractivity contribution in [2.24, 2.45) is 0 Å². The fourth-order valence-electron chi connectivity index (χ4n) is 1.75. The van der Waals surface area contributed by atoms with Crippen molar-refractivity contribution < 1.29 is 4.92 Å². The summed E-state index contributed by atoms with van der Waals surface area (Å²) in [4.78, 5) is 19.9. The molecule has 0 unspecified atom stereocenters. The lowest BCUT2D eigenvalue weighted by Gasteiger charge is -2.08. The van der Waals surface area contributed by atoms with E-state index in [4.69, 9.17) is 0 Å². The van der Waals surface area contributed by atoms with Gasteiger partial charge in [0.1, 0.15) is 6.33 Å². The summed E-state index contributed by atoms with van der Waals surface area (Å²) in [7, 11) is 0. The number of nitrogens with one attached hydrogen (secondary N) is 1. The van der Waals surface area contributed by atoms with Crippen LogP contribution in [-0.2, 0) is 0 Å². The molecule has 0 aliphatic rings. The van der Waals surface area contributed by atoms with Gasteiger partial charge in [0.15, 0.2) is 5.03 Å². The van der Waals surface area contributed by atoms with E-state index in [-0.39, 0.29) is 11.5 Å². The van der Waals surface area contributed by atoms with Gasteiger partial charge in [0.2, 0.25) is 5.82 Å². The molecule has 0 fully saturated rings. The predicted molar refractivity (Wildman–Crippen MR) is 82.8 cm³/mol. The molecule has 21 heavy (non-hydrogen) atoms. The fraction of sp³-hybridized carbons (Fsp3) is 0.286. The Morgan fingerprint density at radius 3 is 2.76 bits per heavy atom. The van der Waals surface area contributed by atoms with Crippen LogP contribution in [0.15, 0.2) is 40.5 Å². The molecule has 1 aromatic heterocycles. The first-order valence-corrected chi connectivity index (χ1v) is 7.42. The van der Waals surface area contributed by atoms with Crippen LogP contribution < -0.4 is 5.32 Å². The zero-order valence-electron chi connectivity index (χ0n) is 11.9. The second-order valence-corrected chi connectivity index (χ2v) is 5.46. The minimum atomic E-state index is -0.432. The van der Waals surface area contributed by atoms with Gasteiger partial charge in [-0.2, -0.15) is 0 Å². The minimum absolute atomic E-state index is 0.0702. The molecule has 1 aromatic carbocycles. The summed E-state index contributed by atoms with van der Waals surface area (Å²) in [6.45, 7) is 4.58. The number of benzene rings is 1. The van der Waals surface area contributed by atoms with Crippen molar-refractivity contribution in [3.63, 3.8) is 0 Å². The van der Waals surface area contributed by atoms with Crippen LogP contribution in [0.3, 0.4) is 0 Å². The Bertz CT molecular complexity index is 649. The van der Waals surface area contributed by atoms with Crippen LogP contribution in [0, 0.1) is 17.0 Å². The van der Waals surface area contributed by atoms with Crippen molar-refractivity contribution in [3.8, 4) is 0 Å². The van der Waals surface area contributed by atoms with Gasteiger partial charge in [-0.15, -0.1) is 0 Å². The van der Waals surface area contributed by atoms with Crippen LogP contribution in [0.1, 0.15) is 18.9 Å². The number of aromatic nitrogens is 2. The SMILES string of the molecule is CCCNc1ncnc(Sc2ccccc2C)c1[N+](=O)[O-]. The highest BCUT2D eigenvalue weighted by Crippen LogP contribution is 2.37. The third-order valence-electron chi connectivity index (χ3n) is 2.81. The van der Waals surface area contributed by atoms with Crippen molar-refractivity contribution in [1.29, 1.82) is 0 Å². The molecule has 6 nitrogen and oxygen atoms in total. The summed E-state index contributed by atoms with van der Waals surface area (Å²) >= 11 is 1.28. The van der Waals surface area contributed by atoms with Gasteiger partial charge in [0, 0.05) is 11.4 Å². The van der Waals surface area contributed by atoms with Crippen molar-refractivity contribution in [1.82, 2.24) is 9.97 Å². The van der Waals surface area contributed by atoms with Crippen LogP contribution in [0.4, 0.5) is 11.5 Å². The molecule has 0 saturated carbocycles. The van der Waals surface area contributed by atoms with Gasteiger partial charge in [-0.25, -0.2) is 9.97 Å². The number of rotatable bonds is 6. The van der Waals surface area contributed by atoms with E-state index in [2.05, 4.69) is 15.3 Å². The molecule has 0 spiro atoms. The molecule has 0 radical (unpaired) electrons. The monoisotopic (exact) mass is 304 g/mol. The quantitative estimate of drug-likeness (QED) is 0.498. The molecule has 0 aliphatic carbocycles. The van der Waals surface area contributed by atoms with Crippen LogP contribution in [-0.4, -0.2) is 21.4 Å². The van der Waals surface area contributed by atoms with Gasteiger partial charge in [-0.05, 0) is 25.0 Å². The van der Waals surface area contributed by atoms with Gasteiger partial charge in [-0.3, -0.25) is 10.1 Å². The first-order valence-electron chi connectivity index (χ1n) is 6.60. The molecule has 7 heteroatoms. The lowest BCUT2D eigenvalue weighted by atomic mass is 10.2. The zero-order chi connectivity index (χ0) is 15.2. The van der Waals surface area contributed by atoms with Crippen molar-refractivity contribution in [2.75, 3.05) is 11.9 Å². The summed E-state index contributed by atoms with van der Waals surface area (Å²) < 4.78 is 0. The summed E-state index contributed by atoms with van der Waals surface area (Å²) in [6.07, 6.45) is 2.22. The fourth-order valence-corrected chi connectivity index (χ4v) is 2.70. The number of anilines is 1. The van der Waals surface area contributed by atoms with Crippen molar-refractivity contribution >= 4 is 23.3 Å². The highest BCUT2D eigenvalue weighted by Gasteiger charge is 2.23. The van der Waals surface area contributed by atoms with E-state index in [0.717, 1.165) is 16.9 Å². The van der Waals surface area contributed by atoms with Crippen LogP contribution in [0.5, 0.6) is 0 Å². The Hall–Kier alpha value is -2.15. The maximum Gasteiger partial charge on any atom is 0.343 e. The van der Waals surface area contributed by atoms with E-state index in [1.165, 1.54) is 18.1 Å². The Balaban J connectivity index is 2.39. The van der Waals surface area contributed by atoms with Gasteiger partial charge in [0.05, 0.1) is 4.92 Å². The molecule has 0 atom stereocenters. The summed E-state index contributed by atoms with van der Waals surface area (Å²) in [5, 5.41) is 14.7. The molecular weight excluding hydrogens is 288 g/mol. The first kappa shape index (κ1) is 15.2. The highest BCUT2D eigenvalue weighted by atomic mass is 32.2. The molecule has 0 saturated heterocycles. The van der Waals surface area contributed by atoms with Crippen LogP contribution in [0.2, 0.25) is 0 Å². The van der Waals surface area contributed by atoms with E-state index < -0.39 is 4.92 Å².